The lowest BCUT2D eigenvalue weighted by atomic mass is 10.0. The fourth-order valence-corrected chi connectivity index (χ4v) is 1.41. The minimum absolute atomic E-state index is 0.380. The number of pyridine rings is 1. The summed E-state index contributed by atoms with van der Waals surface area (Å²) in [5.41, 5.74) is 6.73. The molecule has 0 aromatic carbocycles. The molecule has 4 nitrogen and oxygen atoms in total. The number of nitrogens with two attached hydrogens (primary N) is 1. The quantitative estimate of drug-likeness (QED) is 0.753. The van der Waals surface area contributed by atoms with E-state index in [0.717, 1.165) is 17.7 Å². The molecule has 0 unspecified atom stereocenters. The van der Waals surface area contributed by atoms with E-state index in [1.165, 1.54) is 0 Å². The summed E-state index contributed by atoms with van der Waals surface area (Å²) in [5.74, 6) is 1.70. The Labute approximate surface area is 96.8 Å². The Bertz CT molecular complexity index is 327. The van der Waals surface area contributed by atoms with E-state index < -0.39 is 0 Å². The number of rotatable bonds is 6. The van der Waals surface area contributed by atoms with E-state index in [0.29, 0.717) is 24.9 Å². The number of nitrogen functional groups attached to an aromatic ring is 1. The van der Waals surface area contributed by atoms with E-state index in [1.54, 1.807) is 19.4 Å². The third-order valence-electron chi connectivity index (χ3n) is 2.29. The van der Waals surface area contributed by atoms with E-state index in [9.17, 15) is 0 Å². The Morgan fingerprint density at radius 2 is 2.12 bits per heavy atom. The molecule has 0 saturated heterocycles. The molecule has 0 saturated carbocycles. The monoisotopic (exact) mass is 224 g/mol. The third-order valence-corrected chi connectivity index (χ3v) is 2.29. The molecule has 0 aliphatic heterocycles. The number of ether oxygens (including phenoxy) is 2. The lowest BCUT2D eigenvalue weighted by Gasteiger charge is -2.13. The van der Waals surface area contributed by atoms with Crippen LogP contribution < -0.4 is 10.5 Å². The van der Waals surface area contributed by atoms with Gasteiger partial charge in [-0.1, -0.05) is 13.8 Å². The van der Waals surface area contributed by atoms with Crippen LogP contribution in [0.3, 0.4) is 0 Å². The lowest BCUT2D eigenvalue weighted by molar-refractivity contribution is 0.171. The van der Waals surface area contributed by atoms with Gasteiger partial charge in [-0.05, 0) is 5.92 Å². The van der Waals surface area contributed by atoms with Gasteiger partial charge in [-0.15, -0.1) is 0 Å². The molecule has 1 rings (SSSR count). The highest BCUT2D eigenvalue weighted by atomic mass is 16.5. The van der Waals surface area contributed by atoms with E-state index in [2.05, 4.69) is 18.8 Å². The zero-order chi connectivity index (χ0) is 12.0. The highest BCUT2D eigenvalue weighted by Crippen LogP contribution is 2.26. The molecule has 16 heavy (non-hydrogen) atoms. The molecule has 0 atom stereocenters. The van der Waals surface area contributed by atoms with Crippen molar-refractivity contribution in [1.29, 1.82) is 0 Å². The summed E-state index contributed by atoms with van der Waals surface area (Å²) in [5, 5.41) is 0. The van der Waals surface area contributed by atoms with Crippen LogP contribution in [0.2, 0.25) is 0 Å². The molecule has 0 bridgehead atoms. The normalized spacial score (nSPS) is 10.8. The predicted octanol–water partition coefficient (Wildman–Crippen LogP) is 2.20. The first kappa shape index (κ1) is 12.8. The largest absolute Gasteiger partial charge is 0.493 e. The number of nitrogens with zero attached hydrogens (tertiary/aromatic N) is 1. The van der Waals surface area contributed by atoms with Crippen molar-refractivity contribution in [2.45, 2.75) is 26.2 Å². The maximum Gasteiger partial charge on any atom is 0.127 e. The zero-order valence-corrected chi connectivity index (χ0v) is 10.2. The molecule has 2 N–H and O–H groups in total. The molecule has 1 aromatic rings. The van der Waals surface area contributed by atoms with Crippen LogP contribution in [0.4, 0.5) is 5.82 Å². The van der Waals surface area contributed by atoms with Gasteiger partial charge in [-0.2, -0.15) is 0 Å². The minimum atomic E-state index is 0.380. The predicted molar refractivity (Wildman–Crippen MR) is 64.7 cm³/mol. The molecule has 0 amide bonds. The van der Waals surface area contributed by atoms with Gasteiger partial charge < -0.3 is 15.2 Å². The number of methoxy groups -OCH3 is 1. The summed E-state index contributed by atoms with van der Waals surface area (Å²) in [7, 11) is 1.68. The second kappa shape index (κ2) is 6.33. The van der Waals surface area contributed by atoms with Crippen LogP contribution in [0.25, 0.3) is 0 Å². The van der Waals surface area contributed by atoms with Crippen LogP contribution in [0.15, 0.2) is 12.3 Å². The second-order valence-corrected chi connectivity index (χ2v) is 4.00. The van der Waals surface area contributed by atoms with Gasteiger partial charge in [0, 0.05) is 38.0 Å². The van der Waals surface area contributed by atoms with Crippen LogP contribution in [-0.2, 0) is 4.74 Å². The van der Waals surface area contributed by atoms with Gasteiger partial charge in [0.2, 0.25) is 0 Å². The Kier molecular flexibility index (Phi) is 5.05. The first-order valence-corrected chi connectivity index (χ1v) is 5.52. The summed E-state index contributed by atoms with van der Waals surface area (Å²) in [6.07, 6.45) is 2.65. The fourth-order valence-electron chi connectivity index (χ4n) is 1.41. The maximum atomic E-state index is 5.68. The first-order valence-electron chi connectivity index (χ1n) is 5.52. The standard InChI is InChI=1S/C12H20N2O2/c1-9(2)10-8-14-12(13)7-11(10)16-6-4-5-15-3/h7-9H,4-6H2,1-3H3,(H2,13,14). The van der Waals surface area contributed by atoms with Crippen molar-refractivity contribution >= 4 is 5.82 Å². The molecule has 90 valence electrons. The fraction of sp³-hybridized carbons (Fsp3) is 0.583. The van der Waals surface area contributed by atoms with E-state index in [-0.39, 0.29) is 0 Å². The molecule has 0 aliphatic carbocycles. The lowest BCUT2D eigenvalue weighted by Crippen LogP contribution is -2.05. The third kappa shape index (κ3) is 3.70. The van der Waals surface area contributed by atoms with Crippen molar-refractivity contribution < 1.29 is 9.47 Å². The maximum absolute atomic E-state index is 5.68. The van der Waals surface area contributed by atoms with E-state index in [4.69, 9.17) is 15.2 Å². The highest BCUT2D eigenvalue weighted by molar-refractivity contribution is 5.43. The zero-order valence-electron chi connectivity index (χ0n) is 10.2. The van der Waals surface area contributed by atoms with Crippen molar-refractivity contribution in [3.05, 3.63) is 17.8 Å². The highest BCUT2D eigenvalue weighted by Gasteiger charge is 2.08. The smallest absolute Gasteiger partial charge is 0.127 e. The molecule has 1 aromatic heterocycles. The average Bonchev–Trinajstić information content (AvgIpc) is 2.24. The Morgan fingerprint density at radius 3 is 2.75 bits per heavy atom. The first-order chi connectivity index (χ1) is 7.65. The van der Waals surface area contributed by atoms with Gasteiger partial charge in [0.25, 0.3) is 0 Å². The number of anilines is 1. The van der Waals surface area contributed by atoms with Crippen LogP contribution >= 0.6 is 0 Å². The summed E-state index contributed by atoms with van der Waals surface area (Å²) < 4.78 is 10.6. The number of hydrogen-bond acceptors (Lipinski definition) is 4. The molecule has 0 fully saturated rings. The Morgan fingerprint density at radius 1 is 1.38 bits per heavy atom. The topological polar surface area (TPSA) is 57.4 Å². The van der Waals surface area contributed by atoms with Gasteiger partial charge in [-0.25, -0.2) is 4.98 Å². The molecule has 0 spiro atoms. The molecular weight excluding hydrogens is 204 g/mol. The minimum Gasteiger partial charge on any atom is -0.493 e. The molecule has 0 radical (unpaired) electrons. The van der Waals surface area contributed by atoms with Crippen LogP contribution in [0, 0.1) is 0 Å². The SMILES string of the molecule is COCCCOc1cc(N)ncc1C(C)C. The Hall–Kier alpha value is -1.29. The van der Waals surface area contributed by atoms with Crippen LogP contribution in [0.1, 0.15) is 31.7 Å². The van der Waals surface area contributed by atoms with Gasteiger partial charge in [0.05, 0.1) is 6.61 Å². The van der Waals surface area contributed by atoms with Gasteiger partial charge in [-0.3, -0.25) is 0 Å². The van der Waals surface area contributed by atoms with Gasteiger partial charge in [0.15, 0.2) is 0 Å². The van der Waals surface area contributed by atoms with E-state index in [1.807, 2.05) is 0 Å². The number of hydrogen-bond donors (Lipinski definition) is 1. The van der Waals surface area contributed by atoms with Crippen molar-refractivity contribution in [3.63, 3.8) is 0 Å². The van der Waals surface area contributed by atoms with Crippen molar-refractivity contribution in [3.8, 4) is 5.75 Å². The van der Waals surface area contributed by atoms with Crippen molar-refractivity contribution in [2.24, 2.45) is 0 Å². The summed E-state index contributed by atoms with van der Waals surface area (Å²) >= 11 is 0. The van der Waals surface area contributed by atoms with Crippen molar-refractivity contribution in [1.82, 2.24) is 4.98 Å². The Balaban J connectivity index is 2.65. The van der Waals surface area contributed by atoms with Crippen molar-refractivity contribution in [2.75, 3.05) is 26.1 Å². The van der Waals surface area contributed by atoms with Crippen LogP contribution in [0.5, 0.6) is 5.75 Å². The molecule has 0 aliphatic rings. The summed E-state index contributed by atoms with van der Waals surface area (Å²) in [6.45, 7) is 5.55. The van der Waals surface area contributed by atoms with Gasteiger partial charge >= 0.3 is 0 Å². The molecule has 1 heterocycles. The average molecular weight is 224 g/mol. The summed E-state index contributed by atoms with van der Waals surface area (Å²) in [4.78, 5) is 4.08. The second-order valence-electron chi connectivity index (χ2n) is 4.00. The summed E-state index contributed by atoms with van der Waals surface area (Å²) in [6, 6.07) is 1.78. The van der Waals surface area contributed by atoms with E-state index >= 15 is 0 Å². The van der Waals surface area contributed by atoms with Gasteiger partial charge in [0.1, 0.15) is 11.6 Å². The molecular formula is C12H20N2O2. The molecule has 4 heteroatoms. The number of aromatic nitrogens is 1. The van der Waals surface area contributed by atoms with Crippen LogP contribution in [-0.4, -0.2) is 25.3 Å².